The Morgan fingerprint density at radius 1 is 1.45 bits per heavy atom. The van der Waals surface area contributed by atoms with Gasteiger partial charge >= 0.3 is 5.97 Å². The van der Waals surface area contributed by atoms with Gasteiger partial charge in [-0.1, -0.05) is 23.8 Å². The number of ether oxygens (including phenoxy) is 1. The summed E-state index contributed by atoms with van der Waals surface area (Å²) in [6.45, 7) is 0. The van der Waals surface area contributed by atoms with Crippen LogP contribution in [0.4, 0.5) is 5.69 Å². The second-order valence-electron chi connectivity index (χ2n) is 4.70. The van der Waals surface area contributed by atoms with E-state index < -0.39 is 5.97 Å². The molecule has 0 fully saturated rings. The molecule has 1 aliphatic rings. The van der Waals surface area contributed by atoms with Crippen LogP contribution in [0.15, 0.2) is 30.4 Å². The number of hydrogen-bond donors (Lipinski definition) is 1. The Bertz CT molecular complexity index is 554. The van der Waals surface area contributed by atoms with E-state index in [0.717, 1.165) is 12.8 Å². The molecule has 1 aliphatic carbocycles. The van der Waals surface area contributed by atoms with E-state index in [-0.39, 0.29) is 11.5 Å². The summed E-state index contributed by atoms with van der Waals surface area (Å²) in [6.07, 6.45) is 6.66. The van der Waals surface area contributed by atoms with Crippen molar-refractivity contribution >= 4 is 29.2 Å². The van der Waals surface area contributed by atoms with Crippen molar-refractivity contribution in [1.82, 2.24) is 0 Å². The molecule has 1 N–H and O–H groups in total. The van der Waals surface area contributed by atoms with Crippen molar-refractivity contribution in [3.05, 3.63) is 40.9 Å². The summed E-state index contributed by atoms with van der Waals surface area (Å²) < 4.78 is 4.64. The number of carbonyl (C=O) groups is 2. The van der Waals surface area contributed by atoms with Crippen molar-refractivity contribution < 1.29 is 14.3 Å². The third-order valence-electron chi connectivity index (χ3n) is 3.22. The Labute approximate surface area is 122 Å². The first-order valence-corrected chi connectivity index (χ1v) is 6.82. The van der Waals surface area contributed by atoms with Crippen LogP contribution in [0, 0.1) is 5.92 Å². The maximum atomic E-state index is 11.9. The molecule has 0 saturated carbocycles. The van der Waals surface area contributed by atoms with E-state index in [1.165, 1.54) is 13.2 Å². The smallest absolute Gasteiger partial charge is 0.339 e. The number of rotatable bonds is 4. The molecule has 5 heteroatoms. The first-order chi connectivity index (χ1) is 9.60. The average molecular weight is 294 g/mol. The third-order valence-corrected chi connectivity index (χ3v) is 3.54. The minimum Gasteiger partial charge on any atom is -0.465 e. The predicted octanol–water partition coefficient (Wildman–Crippen LogP) is 3.42. The monoisotopic (exact) mass is 293 g/mol. The lowest BCUT2D eigenvalue weighted by atomic mass is 10.0. The van der Waals surface area contributed by atoms with Crippen LogP contribution in [0.3, 0.4) is 0 Å². The van der Waals surface area contributed by atoms with Crippen LogP contribution in [0.1, 0.15) is 29.6 Å². The molecule has 1 unspecified atom stereocenters. The number of halogens is 1. The quantitative estimate of drug-likeness (QED) is 0.683. The van der Waals surface area contributed by atoms with E-state index in [2.05, 4.69) is 22.2 Å². The van der Waals surface area contributed by atoms with Crippen molar-refractivity contribution in [2.45, 2.75) is 19.3 Å². The van der Waals surface area contributed by atoms with Gasteiger partial charge in [-0.05, 0) is 37.0 Å². The number of hydrogen-bond acceptors (Lipinski definition) is 3. The van der Waals surface area contributed by atoms with Crippen LogP contribution in [0.2, 0.25) is 5.02 Å². The number of nitrogens with one attached hydrogen (secondary N) is 1. The fourth-order valence-corrected chi connectivity index (χ4v) is 2.38. The Balaban J connectivity index is 2.03. The minimum absolute atomic E-state index is 0.0697. The molecule has 0 radical (unpaired) electrons. The molecule has 0 bridgehead atoms. The number of methoxy groups -OCH3 is 1. The van der Waals surface area contributed by atoms with Crippen LogP contribution >= 0.6 is 11.6 Å². The molecule has 0 aliphatic heterocycles. The molecule has 1 atom stereocenters. The number of esters is 1. The molecule has 0 spiro atoms. The summed E-state index contributed by atoms with van der Waals surface area (Å²) in [5.41, 5.74) is 0.787. The topological polar surface area (TPSA) is 55.4 Å². The van der Waals surface area contributed by atoms with Crippen LogP contribution < -0.4 is 5.32 Å². The summed E-state index contributed by atoms with van der Waals surface area (Å²) in [5, 5.41) is 3.08. The van der Waals surface area contributed by atoms with Gasteiger partial charge in [0.1, 0.15) is 0 Å². The maximum Gasteiger partial charge on any atom is 0.339 e. The summed E-state index contributed by atoms with van der Waals surface area (Å²) in [4.78, 5) is 23.4. The van der Waals surface area contributed by atoms with Crippen LogP contribution in [-0.2, 0) is 9.53 Å². The first kappa shape index (κ1) is 14.6. The second-order valence-corrected chi connectivity index (χ2v) is 5.11. The molecule has 20 heavy (non-hydrogen) atoms. The lowest BCUT2D eigenvalue weighted by Crippen LogP contribution is -2.15. The molecule has 0 saturated heterocycles. The lowest BCUT2D eigenvalue weighted by Gasteiger charge is -2.10. The van der Waals surface area contributed by atoms with Crippen LogP contribution in [0.25, 0.3) is 0 Å². The largest absolute Gasteiger partial charge is 0.465 e. The highest BCUT2D eigenvalue weighted by atomic mass is 35.5. The molecule has 4 nitrogen and oxygen atoms in total. The van der Waals surface area contributed by atoms with E-state index >= 15 is 0 Å². The first-order valence-electron chi connectivity index (χ1n) is 6.44. The predicted molar refractivity (Wildman–Crippen MR) is 77.9 cm³/mol. The molecule has 106 valence electrons. The van der Waals surface area contributed by atoms with Gasteiger partial charge in [-0.3, -0.25) is 4.79 Å². The zero-order valence-electron chi connectivity index (χ0n) is 11.2. The number of allylic oxidation sites excluding steroid dienone is 2. The molecule has 1 aromatic carbocycles. The summed E-state index contributed by atoms with van der Waals surface area (Å²) in [5.74, 6) is -0.285. The standard InChI is InChI=1S/C15H16ClNO3/c1-20-15(19)12-9-11(6-7-13(12)16)17-14(18)8-10-4-2-3-5-10/h2,4,6-7,9-10H,3,5,8H2,1H3,(H,17,18). The summed E-state index contributed by atoms with van der Waals surface area (Å²) >= 11 is 5.92. The van der Waals surface area contributed by atoms with Crippen molar-refractivity contribution in [3.63, 3.8) is 0 Å². The van der Waals surface area contributed by atoms with Gasteiger partial charge in [-0.2, -0.15) is 0 Å². The average Bonchev–Trinajstić information content (AvgIpc) is 2.92. The number of carbonyl (C=O) groups excluding carboxylic acids is 2. The number of benzene rings is 1. The van der Waals surface area contributed by atoms with Crippen molar-refractivity contribution in [3.8, 4) is 0 Å². The highest BCUT2D eigenvalue weighted by molar-refractivity contribution is 6.33. The fraction of sp³-hybridized carbons (Fsp3) is 0.333. The van der Waals surface area contributed by atoms with Gasteiger partial charge in [0.15, 0.2) is 0 Å². The van der Waals surface area contributed by atoms with Gasteiger partial charge in [-0.15, -0.1) is 0 Å². The van der Waals surface area contributed by atoms with Gasteiger partial charge in [-0.25, -0.2) is 4.79 Å². The molecule has 0 heterocycles. The van der Waals surface area contributed by atoms with Crippen LogP contribution in [-0.4, -0.2) is 19.0 Å². The van der Waals surface area contributed by atoms with E-state index in [0.29, 0.717) is 23.0 Å². The zero-order chi connectivity index (χ0) is 14.5. The Morgan fingerprint density at radius 2 is 2.25 bits per heavy atom. The van der Waals surface area contributed by atoms with Gasteiger partial charge in [0.25, 0.3) is 0 Å². The van der Waals surface area contributed by atoms with E-state index in [4.69, 9.17) is 11.6 Å². The second kappa shape index (κ2) is 6.57. The summed E-state index contributed by atoms with van der Waals surface area (Å²) in [6, 6.07) is 4.76. The third kappa shape index (κ3) is 3.61. The fourth-order valence-electron chi connectivity index (χ4n) is 2.18. The molecule has 1 amide bonds. The molecular formula is C15H16ClNO3. The SMILES string of the molecule is COC(=O)c1cc(NC(=O)CC2C=CCC2)ccc1Cl. The Kier molecular flexibility index (Phi) is 4.79. The van der Waals surface area contributed by atoms with Crippen molar-refractivity contribution in [2.75, 3.05) is 12.4 Å². The highest BCUT2D eigenvalue weighted by Crippen LogP contribution is 2.23. The highest BCUT2D eigenvalue weighted by Gasteiger charge is 2.16. The zero-order valence-corrected chi connectivity index (χ0v) is 11.9. The van der Waals surface area contributed by atoms with Gasteiger partial charge in [0, 0.05) is 12.1 Å². The van der Waals surface area contributed by atoms with Gasteiger partial charge < -0.3 is 10.1 Å². The number of amides is 1. The normalized spacial score (nSPS) is 17.0. The molecular weight excluding hydrogens is 278 g/mol. The molecule has 1 aromatic rings. The van der Waals surface area contributed by atoms with Crippen molar-refractivity contribution in [1.29, 1.82) is 0 Å². The maximum absolute atomic E-state index is 11.9. The van der Waals surface area contributed by atoms with E-state index in [9.17, 15) is 9.59 Å². The van der Waals surface area contributed by atoms with E-state index in [1.807, 2.05) is 0 Å². The molecule has 0 aromatic heterocycles. The number of anilines is 1. The Morgan fingerprint density at radius 3 is 2.90 bits per heavy atom. The van der Waals surface area contributed by atoms with Crippen molar-refractivity contribution in [2.24, 2.45) is 5.92 Å². The van der Waals surface area contributed by atoms with E-state index in [1.54, 1.807) is 12.1 Å². The lowest BCUT2D eigenvalue weighted by molar-refractivity contribution is -0.116. The molecule has 2 rings (SSSR count). The Hall–Kier alpha value is -1.81. The van der Waals surface area contributed by atoms with Crippen LogP contribution in [0.5, 0.6) is 0 Å². The minimum atomic E-state index is -0.523. The van der Waals surface area contributed by atoms with Gasteiger partial charge in [0.2, 0.25) is 5.91 Å². The summed E-state index contributed by atoms with van der Waals surface area (Å²) in [7, 11) is 1.29. The van der Waals surface area contributed by atoms with Gasteiger partial charge in [0.05, 0.1) is 17.7 Å².